The van der Waals surface area contributed by atoms with Gasteiger partial charge in [0.15, 0.2) is 0 Å². The summed E-state index contributed by atoms with van der Waals surface area (Å²) in [5.74, 6) is 2.02. The number of carbonyl (C=O) groups excluding carboxylic acids is 1. The number of amides is 1. The van der Waals surface area contributed by atoms with E-state index in [-0.39, 0.29) is 36.4 Å². The van der Waals surface area contributed by atoms with E-state index in [1.807, 2.05) is 50.2 Å². The van der Waals surface area contributed by atoms with Gasteiger partial charge in [-0.25, -0.2) is 0 Å². The third-order valence-corrected chi connectivity index (χ3v) is 5.25. The molecule has 2 N–H and O–H groups in total. The van der Waals surface area contributed by atoms with Gasteiger partial charge >= 0.3 is 0 Å². The third-order valence-electron chi connectivity index (χ3n) is 5.25. The zero-order chi connectivity index (χ0) is 23.1. The van der Waals surface area contributed by atoms with Crippen molar-refractivity contribution in [3.8, 4) is 17.1 Å². The van der Waals surface area contributed by atoms with Crippen LogP contribution in [0.2, 0.25) is 0 Å². The second-order valence-electron chi connectivity index (χ2n) is 8.36. The van der Waals surface area contributed by atoms with Crippen LogP contribution in [0.25, 0.3) is 11.4 Å². The van der Waals surface area contributed by atoms with Crippen molar-refractivity contribution < 1.29 is 14.1 Å². The first-order chi connectivity index (χ1) is 15.4. The van der Waals surface area contributed by atoms with Crippen LogP contribution in [0.1, 0.15) is 51.2 Å². The molecule has 0 saturated carbocycles. The van der Waals surface area contributed by atoms with Gasteiger partial charge < -0.3 is 14.6 Å². The first kappa shape index (κ1) is 23.4. The number of carbonyl (C=O) groups is 1. The molecule has 0 aliphatic rings. The maximum atomic E-state index is 12.8. The summed E-state index contributed by atoms with van der Waals surface area (Å²) in [5, 5.41) is 10.5. The van der Waals surface area contributed by atoms with Gasteiger partial charge in [-0.05, 0) is 41.7 Å². The number of rotatable bonds is 10. The van der Waals surface area contributed by atoms with Crippen LogP contribution < -0.4 is 15.4 Å². The van der Waals surface area contributed by atoms with Crippen molar-refractivity contribution in [1.29, 1.82) is 0 Å². The number of nitrogens with one attached hydrogen (secondary N) is 2. The molecule has 2 unspecified atom stereocenters. The molecule has 0 aliphatic carbocycles. The van der Waals surface area contributed by atoms with Crippen LogP contribution >= 0.6 is 0 Å². The molecule has 0 saturated heterocycles. The van der Waals surface area contributed by atoms with Crippen molar-refractivity contribution in [3.05, 3.63) is 60.2 Å². The van der Waals surface area contributed by atoms with E-state index < -0.39 is 0 Å². The smallest absolute Gasteiger partial charge is 0.244 e. The molecule has 0 bridgehead atoms. The predicted molar refractivity (Wildman–Crippen MR) is 122 cm³/mol. The highest BCUT2D eigenvalue weighted by molar-refractivity contribution is 5.78. The molecule has 0 aliphatic heterocycles. The summed E-state index contributed by atoms with van der Waals surface area (Å²) in [7, 11) is 1.64. The fourth-order valence-electron chi connectivity index (χ4n) is 3.46. The number of nitrogens with zero attached hydrogens (tertiary/aromatic N) is 3. The zero-order valence-electron chi connectivity index (χ0n) is 19.2. The van der Waals surface area contributed by atoms with Crippen molar-refractivity contribution in [2.24, 2.45) is 11.8 Å². The predicted octanol–water partition coefficient (Wildman–Crippen LogP) is 3.94. The summed E-state index contributed by atoms with van der Waals surface area (Å²) < 4.78 is 10.7. The Morgan fingerprint density at radius 3 is 2.25 bits per heavy atom. The lowest BCUT2D eigenvalue weighted by atomic mass is 9.96. The first-order valence-electron chi connectivity index (χ1n) is 10.8. The van der Waals surface area contributed by atoms with E-state index >= 15 is 0 Å². The maximum Gasteiger partial charge on any atom is 0.244 e. The standard InChI is InChI=1S/C24H31N5O3/c1-15(2)21(17-6-8-19(31-5)9-7-17)27-20(30)14-26-22(16(3)4)24-28-23(29-32-24)18-10-12-25-13-11-18/h6-13,15-16,21-22,26H,14H2,1-5H3,(H,27,30). The number of hydrogen-bond acceptors (Lipinski definition) is 7. The average molecular weight is 438 g/mol. The van der Waals surface area contributed by atoms with E-state index in [4.69, 9.17) is 9.26 Å². The van der Waals surface area contributed by atoms with Crippen molar-refractivity contribution in [3.63, 3.8) is 0 Å². The zero-order valence-corrected chi connectivity index (χ0v) is 19.2. The van der Waals surface area contributed by atoms with E-state index in [0.717, 1.165) is 16.9 Å². The highest BCUT2D eigenvalue weighted by Gasteiger charge is 2.25. The van der Waals surface area contributed by atoms with E-state index in [1.54, 1.807) is 19.5 Å². The number of hydrogen-bond donors (Lipinski definition) is 2. The molecule has 2 aromatic heterocycles. The van der Waals surface area contributed by atoms with Gasteiger partial charge in [0.2, 0.25) is 17.6 Å². The lowest BCUT2D eigenvalue weighted by Gasteiger charge is -2.24. The molecule has 0 fully saturated rings. The molecule has 1 amide bonds. The monoisotopic (exact) mass is 437 g/mol. The largest absolute Gasteiger partial charge is 0.497 e. The van der Waals surface area contributed by atoms with Crippen LogP contribution in [0.5, 0.6) is 5.75 Å². The van der Waals surface area contributed by atoms with Crippen molar-refractivity contribution in [2.75, 3.05) is 13.7 Å². The van der Waals surface area contributed by atoms with Gasteiger partial charge in [-0.2, -0.15) is 4.98 Å². The van der Waals surface area contributed by atoms with Gasteiger partial charge in [0.05, 0.1) is 25.7 Å². The van der Waals surface area contributed by atoms with E-state index in [2.05, 4.69) is 39.6 Å². The fourth-order valence-corrected chi connectivity index (χ4v) is 3.46. The summed E-state index contributed by atoms with van der Waals surface area (Å²) >= 11 is 0. The topological polar surface area (TPSA) is 102 Å². The van der Waals surface area contributed by atoms with Gasteiger partial charge in [-0.3, -0.25) is 15.1 Å². The average Bonchev–Trinajstić information content (AvgIpc) is 3.28. The Bertz CT molecular complexity index is 986. The van der Waals surface area contributed by atoms with E-state index in [9.17, 15) is 4.79 Å². The van der Waals surface area contributed by atoms with Crippen LogP contribution in [0.15, 0.2) is 53.3 Å². The Hall–Kier alpha value is -3.26. The van der Waals surface area contributed by atoms with Crippen molar-refractivity contribution >= 4 is 5.91 Å². The second kappa shape index (κ2) is 10.9. The Labute approximate surface area is 188 Å². The van der Waals surface area contributed by atoms with Crippen LogP contribution in [-0.2, 0) is 4.79 Å². The van der Waals surface area contributed by atoms with Gasteiger partial charge in [0.1, 0.15) is 5.75 Å². The molecule has 2 atom stereocenters. The third kappa shape index (κ3) is 5.91. The van der Waals surface area contributed by atoms with Gasteiger partial charge in [0.25, 0.3) is 0 Å². The molecule has 0 spiro atoms. The summed E-state index contributed by atoms with van der Waals surface area (Å²) in [5.41, 5.74) is 1.86. The number of ether oxygens (including phenoxy) is 1. The summed E-state index contributed by atoms with van der Waals surface area (Å²) in [4.78, 5) is 21.3. The minimum Gasteiger partial charge on any atom is -0.497 e. The molecular formula is C24H31N5O3. The molecule has 32 heavy (non-hydrogen) atoms. The maximum absolute atomic E-state index is 12.8. The Kier molecular flexibility index (Phi) is 7.94. The van der Waals surface area contributed by atoms with Crippen molar-refractivity contribution in [1.82, 2.24) is 25.8 Å². The van der Waals surface area contributed by atoms with Crippen LogP contribution in [-0.4, -0.2) is 34.7 Å². The van der Waals surface area contributed by atoms with E-state index in [1.165, 1.54) is 0 Å². The Balaban J connectivity index is 1.64. The van der Waals surface area contributed by atoms with Gasteiger partial charge in [-0.15, -0.1) is 0 Å². The highest BCUT2D eigenvalue weighted by Crippen LogP contribution is 2.25. The number of benzene rings is 1. The number of methoxy groups -OCH3 is 1. The molecular weight excluding hydrogens is 406 g/mol. The molecule has 0 radical (unpaired) electrons. The molecule has 8 nitrogen and oxygen atoms in total. The molecule has 1 aromatic carbocycles. The molecule has 170 valence electrons. The molecule has 2 heterocycles. The van der Waals surface area contributed by atoms with Crippen LogP contribution in [0, 0.1) is 11.8 Å². The van der Waals surface area contributed by atoms with E-state index in [0.29, 0.717) is 11.7 Å². The van der Waals surface area contributed by atoms with Gasteiger partial charge in [-0.1, -0.05) is 45.0 Å². The van der Waals surface area contributed by atoms with Crippen molar-refractivity contribution in [2.45, 2.75) is 39.8 Å². The Morgan fingerprint density at radius 2 is 1.66 bits per heavy atom. The summed E-state index contributed by atoms with van der Waals surface area (Å²) in [6, 6.07) is 11.1. The minimum absolute atomic E-state index is 0.0981. The van der Waals surface area contributed by atoms with Crippen LogP contribution in [0.3, 0.4) is 0 Å². The lowest BCUT2D eigenvalue weighted by Crippen LogP contribution is -2.40. The fraction of sp³-hybridized carbons (Fsp3) is 0.417. The number of aromatic nitrogens is 3. The summed E-state index contributed by atoms with van der Waals surface area (Å²) in [6.45, 7) is 8.38. The SMILES string of the molecule is COc1ccc(C(NC(=O)CNC(c2nc(-c3ccncc3)no2)C(C)C)C(C)C)cc1. The van der Waals surface area contributed by atoms with Gasteiger partial charge in [0, 0.05) is 18.0 Å². The molecule has 3 aromatic rings. The normalized spacial score (nSPS) is 13.2. The molecule has 8 heteroatoms. The first-order valence-corrected chi connectivity index (χ1v) is 10.8. The quantitative estimate of drug-likeness (QED) is 0.495. The highest BCUT2D eigenvalue weighted by atomic mass is 16.5. The number of pyridine rings is 1. The molecule has 3 rings (SSSR count). The second-order valence-corrected chi connectivity index (χ2v) is 8.36. The summed E-state index contributed by atoms with van der Waals surface area (Å²) in [6.07, 6.45) is 3.36. The lowest BCUT2D eigenvalue weighted by molar-refractivity contribution is -0.121. The minimum atomic E-state index is -0.248. The van der Waals surface area contributed by atoms with Crippen LogP contribution in [0.4, 0.5) is 0 Å². The Morgan fingerprint density at radius 1 is 1.00 bits per heavy atom.